The van der Waals surface area contributed by atoms with Gasteiger partial charge in [0, 0.05) is 5.69 Å². The Morgan fingerprint density at radius 3 is 2.85 bits per heavy atom. The van der Waals surface area contributed by atoms with Crippen LogP contribution in [0.5, 0.6) is 0 Å². The third-order valence-electron chi connectivity index (χ3n) is 3.91. The maximum Gasteiger partial charge on any atom is 0.241 e. The number of nitrogen functional groups attached to an aromatic ring is 1. The number of nitrogens with one attached hydrogen (secondary N) is 1. The van der Waals surface area contributed by atoms with Crippen LogP contribution in [0.4, 0.5) is 5.69 Å². The maximum absolute atomic E-state index is 12.4. The molecule has 0 radical (unpaired) electrons. The van der Waals surface area contributed by atoms with Gasteiger partial charge in [-0.15, -0.1) is 0 Å². The molecule has 1 aromatic carbocycles. The van der Waals surface area contributed by atoms with Crippen LogP contribution < -0.4 is 10.5 Å². The van der Waals surface area contributed by atoms with E-state index in [1.807, 2.05) is 0 Å². The summed E-state index contributed by atoms with van der Waals surface area (Å²) in [6.07, 6.45) is 3.31. The molecule has 20 heavy (non-hydrogen) atoms. The lowest BCUT2D eigenvalue weighted by molar-refractivity contribution is 0.120. The number of nitrogens with two attached hydrogens (primary N) is 1. The third-order valence-corrected chi connectivity index (χ3v) is 5.49. The third kappa shape index (κ3) is 3.31. The number of aliphatic hydroxyl groups is 1. The summed E-state index contributed by atoms with van der Waals surface area (Å²) in [5.41, 5.74) is 5.29. The molecule has 5 nitrogen and oxygen atoms in total. The van der Waals surface area contributed by atoms with Gasteiger partial charge < -0.3 is 10.8 Å². The summed E-state index contributed by atoms with van der Waals surface area (Å²) in [5, 5.41) is 9.67. The van der Waals surface area contributed by atoms with Crippen LogP contribution >= 0.6 is 0 Å². The topological polar surface area (TPSA) is 92.4 Å². The Bertz CT molecular complexity index is 574. The average Bonchev–Trinajstić information content (AvgIpc) is 2.38. The molecule has 1 fully saturated rings. The first-order valence-electron chi connectivity index (χ1n) is 6.87. The molecule has 2 unspecified atom stereocenters. The van der Waals surface area contributed by atoms with Gasteiger partial charge in [0.1, 0.15) is 0 Å². The molecule has 0 heterocycles. The fraction of sp³-hybridized carbons (Fsp3) is 0.571. The predicted octanol–water partition coefficient (Wildman–Crippen LogP) is 1.49. The molecule has 1 aliphatic carbocycles. The average molecular weight is 298 g/mol. The standard InChI is InChI=1S/C14H22N2O3S/c1-11-4-3-7-14(9-11,10-17)16-20(18,19)13-6-2-5-12(15)8-13/h2,5-6,8,11,16-17H,3-4,7,9-10,15H2,1H3. The SMILES string of the molecule is CC1CCCC(CO)(NS(=O)(=O)c2cccc(N)c2)C1. The molecule has 1 aromatic rings. The molecule has 0 amide bonds. The van der Waals surface area contributed by atoms with Gasteiger partial charge in [-0.25, -0.2) is 13.1 Å². The van der Waals surface area contributed by atoms with E-state index in [9.17, 15) is 13.5 Å². The van der Waals surface area contributed by atoms with Gasteiger partial charge in [0.25, 0.3) is 0 Å². The lowest BCUT2D eigenvalue weighted by Crippen LogP contribution is -2.53. The lowest BCUT2D eigenvalue weighted by Gasteiger charge is -2.39. The molecule has 0 spiro atoms. The Morgan fingerprint density at radius 1 is 1.50 bits per heavy atom. The Balaban J connectivity index is 2.26. The van der Waals surface area contributed by atoms with Gasteiger partial charge >= 0.3 is 0 Å². The summed E-state index contributed by atoms with van der Waals surface area (Å²) >= 11 is 0. The molecule has 1 saturated carbocycles. The highest BCUT2D eigenvalue weighted by Gasteiger charge is 2.38. The summed E-state index contributed by atoms with van der Waals surface area (Å²) in [6.45, 7) is 1.90. The molecular formula is C14H22N2O3S. The lowest BCUT2D eigenvalue weighted by atomic mass is 9.78. The molecule has 0 aliphatic heterocycles. The van der Waals surface area contributed by atoms with E-state index in [1.165, 1.54) is 12.1 Å². The van der Waals surface area contributed by atoms with Crippen molar-refractivity contribution in [2.24, 2.45) is 5.92 Å². The minimum atomic E-state index is -3.67. The Morgan fingerprint density at radius 2 is 2.25 bits per heavy atom. The van der Waals surface area contributed by atoms with Crippen LogP contribution in [0.2, 0.25) is 0 Å². The van der Waals surface area contributed by atoms with Gasteiger partial charge in [-0.1, -0.05) is 25.8 Å². The number of hydrogen-bond acceptors (Lipinski definition) is 4. The van der Waals surface area contributed by atoms with Crippen molar-refractivity contribution in [3.05, 3.63) is 24.3 Å². The van der Waals surface area contributed by atoms with E-state index < -0.39 is 15.6 Å². The second kappa shape index (κ2) is 5.71. The van der Waals surface area contributed by atoms with Gasteiger partial charge in [-0.05, 0) is 37.0 Å². The zero-order valence-corrected chi connectivity index (χ0v) is 12.5. The normalized spacial score (nSPS) is 27.4. The van der Waals surface area contributed by atoms with Crippen molar-refractivity contribution < 1.29 is 13.5 Å². The number of rotatable bonds is 4. The van der Waals surface area contributed by atoms with Crippen molar-refractivity contribution in [1.29, 1.82) is 0 Å². The molecule has 1 aliphatic rings. The van der Waals surface area contributed by atoms with Crippen LogP contribution in [0.3, 0.4) is 0 Å². The molecule has 0 saturated heterocycles. The first-order chi connectivity index (χ1) is 9.37. The number of anilines is 1. The largest absolute Gasteiger partial charge is 0.399 e. The van der Waals surface area contributed by atoms with Crippen LogP contribution in [-0.4, -0.2) is 25.7 Å². The van der Waals surface area contributed by atoms with Crippen molar-refractivity contribution in [3.63, 3.8) is 0 Å². The van der Waals surface area contributed by atoms with E-state index in [2.05, 4.69) is 11.6 Å². The molecule has 2 rings (SSSR count). The summed E-state index contributed by atoms with van der Waals surface area (Å²) < 4.78 is 27.6. The quantitative estimate of drug-likeness (QED) is 0.734. The van der Waals surface area contributed by atoms with Crippen molar-refractivity contribution >= 4 is 15.7 Å². The van der Waals surface area contributed by atoms with E-state index in [0.717, 1.165) is 12.8 Å². The fourth-order valence-electron chi connectivity index (χ4n) is 2.95. The van der Waals surface area contributed by atoms with Crippen molar-refractivity contribution in [2.45, 2.75) is 43.0 Å². The van der Waals surface area contributed by atoms with E-state index in [4.69, 9.17) is 5.73 Å². The molecule has 0 aromatic heterocycles. The van der Waals surface area contributed by atoms with Crippen molar-refractivity contribution in [1.82, 2.24) is 4.72 Å². The Kier molecular flexibility index (Phi) is 4.36. The molecule has 0 bridgehead atoms. The molecule has 6 heteroatoms. The van der Waals surface area contributed by atoms with E-state index in [1.54, 1.807) is 12.1 Å². The van der Waals surface area contributed by atoms with Gasteiger partial charge in [0.15, 0.2) is 0 Å². The number of benzene rings is 1. The van der Waals surface area contributed by atoms with Crippen molar-refractivity contribution in [2.75, 3.05) is 12.3 Å². The monoisotopic (exact) mass is 298 g/mol. The van der Waals surface area contributed by atoms with Gasteiger partial charge in [0.2, 0.25) is 10.0 Å². The highest BCUT2D eigenvalue weighted by atomic mass is 32.2. The highest BCUT2D eigenvalue weighted by molar-refractivity contribution is 7.89. The minimum Gasteiger partial charge on any atom is -0.399 e. The first-order valence-corrected chi connectivity index (χ1v) is 8.36. The second-order valence-electron chi connectivity index (χ2n) is 5.82. The second-order valence-corrected chi connectivity index (χ2v) is 7.50. The summed E-state index contributed by atoms with van der Waals surface area (Å²) in [7, 11) is -3.67. The molecule has 4 N–H and O–H groups in total. The molecular weight excluding hydrogens is 276 g/mol. The summed E-state index contributed by atoms with van der Waals surface area (Å²) in [4.78, 5) is 0.142. The van der Waals surface area contributed by atoms with Crippen LogP contribution in [0.15, 0.2) is 29.2 Å². The van der Waals surface area contributed by atoms with E-state index >= 15 is 0 Å². The Labute approximate surface area is 120 Å². The molecule has 112 valence electrons. The smallest absolute Gasteiger partial charge is 0.241 e. The van der Waals surface area contributed by atoms with Crippen LogP contribution in [-0.2, 0) is 10.0 Å². The first kappa shape index (κ1) is 15.3. The Hall–Kier alpha value is -1.11. The number of hydrogen-bond donors (Lipinski definition) is 3. The van der Waals surface area contributed by atoms with E-state index in [0.29, 0.717) is 24.4 Å². The number of sulfonamides is 1. The molecule has 2 atom stereocenters. The highest BCUT2D eigenvalue weighted by Crippen LogP contribution is 2.33. The summed E-state index contributed by atoms with van der Waals surface area (Å²) in [5.74, 6) is 0.402. The number of aliphatic hydroxyl groups excluding tert-OH is 1. The fourth-order valence-corrected chi connectivity index (χ4v) is 4.44. The predicted molar refractivity (Wildman–Crippen MR) is 78.6 cm³/mol. The van der Waals surface area contributed by atoms with Gasteiger partial charge in [-0.2, -0.15) is 0 Å². The zero-order valence-electron chi connectivity index (χ0n) is 11.7. The zero-order chi connectivity index (χ0) is 14.8. The van der Waals surface area contributed by atoms with Crippen LogP contribution in [0.25, 0.3) is 0 Å². The van der Waals surface area contributed by atoms with Crippen molar-refractivity contribution in [3.8, 4) is 0 Å². The van der Waals surface area contributed by atoms with Gasteiger partial charge in [0.05, 0.1) is 17.0 Å². The van der Waals surface area contributed by atoms with E-state index in [-0.39, 0.29) is 11.5 Å². The maximum atomic E-state index is 12.4. The van der Waals surface area contributed by atoms with Crippen LogP contribution in [0.1, 0.15) is 32.6 Å². The van der Waals surface area contributed by atoms with Crippen LogP contribution in [0, 0.1) is 5.92 Å². The minimum absolute atomic E-state index is 0.142. The summed E-state index contributed by atoms with van der Waals surface area (Å²) in [6, 6.07) is 6.19. The van der Waals surface area contributed by atoms with Gasteiger partial charge in [-0.3, -0.25) is 0 Å².